The van der Waals surface area contributed by atoms with Gasteiger partial charge in [-0.25, -0.2) is 0 Å². The topological polar surface area (TPSA) is 0 Å². The van der Waals surface area contributed by atoms with Gasteiger partial charge < -0.3 is 0 Å². The molecule has 1 radical (unpaired) electrons. The molecule has 4 aromatic rings. The van der Waals surface area contributed by atoms with Crippen molar-refractivity contribution in [2.45, 2.75) is 78.6 Å². The minimum atomic E-state index is -2.57. The van der Waals surface area contributed by atoms with Crippen molar-refractivity contribution < 1.29 is 0 Å². The smallest absolute Gasteiger partial charge is 0.0741 e. The molecular formula is C39H45Si. The first-order valence-electron chi connectivity index (χ1n) is 15.6. The molecule has 4 aromatic carbocycles. The second-order valence-corrected chi connectivity index (χ2v) is 15.3. The fourth-order valence-electron chi connectivity index (χ4n) is 6.35. The molecule has 0 N–H and O–H groups in total. The van der Waals surface area contributed by atoms with E-state index in [9.17, 15) is 0 Å². The van der Waals surface area contributed by atoms with Crippen LogP contribution in [-0.2, 0) is 19.3 Å². The van der Waals surface area contributed by atoms with Gasteiger partial charge in [-0.05, 0) is 81.9 Å². The quantitative estimate of drug-likeness (QED) is 0.118. The number of unbranched alkanes of at least 4 members (excludes halogenated alkanes) is 3. The molecule has 0 aromatic heterocycles. The van der Waals surface area contributed by atoms with Gasteiger partial charge in [0.1, 0.15) is 0 Å². The lowest BCUT2D eigenvalue weighted by Crippen LogP contribution is -2.70. The van der Waals surface area contributed by atoms with Crippen LogP contribution >= 0.6 is 0 Å². The summed E-state index contributed by atoms with van der Waals surface area (Å²) >= 11 is 0. The molecule has 0 aliphatic heterocycles. The summed E-state index contributed by atoms with van der Waals surface area (Å²) in [6.07, 6.45) is 15.7. The second-order valence-electron chi connectivity index (χ2n) is 11.5. The van der Waals surface area contributed by atoms with E-state index >= 15 is 0 Å². The minimum Gasteiger partial charge on any atom is -0.0741 e. The SMILES string of the molecule is CCCCc1ccc([Si]([C]2C=Cc3ccccc32)(c2ccc(CCCC)cc2)c2ccc(CCCC)cc2)cc1. The highest BCUT2D eigenvalue weighted by Gasteiger charge is 2.48. The Labute approximate surface area is 244 Å². The number of hydrogen-bond donors (Lipinski definition) is 0. The van der Waals surface area contributed by atoms with Crippen LogP contribution in [0.5, 0.6) is 0 Å². The van der Waals surface area contributed by atoms with Crippen LogP contribution in [-0.4, -0.2) is 8.07 Å². The second kappa shape index (κ2) is 13.5. The summed E-state index contributed by atoms with van der Waals surface area (Å²) in [6.45, 7) is 6.84. The summed E-state index contributed by atoms with van der Waals surface area (Å²) in [5.41, 5.74) is 8.59. The molecule has 0 nitrogen and oxygen atoms in total. The minimum absolute atomic E-state index is 1.16. The van der Waals surface area contributed by atoms with Crippen LogP contribution in [0.1, 0.15) is 87.1 Å². The van der Waals surface area contributed by atoms with Crippen molar-refractivity contribution >= 4 is 29.7 Å². The highest BCUT2D eigenvalue weighted by Crippen LogP contribution is 2.36. The van der Waals surface area contributed by atoms with Gasteiger partial charge in [0.2, 0.25) is 0 Å². The van der Waals surface area contributed by atoms with E-state index in [1.807, 2.05) is 0 Å². The third kappa shape index (κ3) is 5.81. The van der Waals surface area contributed by atoms with Crippen LogP contribution in [0.25, 0.3) is 6.08 Å². The predicted octanol–water partition coefficient (Wildman–Crippen LogP) is 8.37. The van der Waals surface area contributed by atoms with Gasteiger partial charge in [-0.15, -0.1) is 0 Å². The molecule has 40 heavy (non-hydrogen) atoms. The maximum Gasteiger partial charge on any atom is 0.163 e. The molecule has 0 saturated carbocycles. The average molecular weight is 542 g/mol. The first kappa shape index (κ1) is 28.4. The van der Waals surface area contributed by atoms with E-state index < -0.39 is 8.07 Å². The Hall–Kier alpha value is -3.16. The van der Waals surface area contributed by atoms with Crippen LogP contribution in [0, 0.1) is 5.54 Å². The zero-order valence-electron chi connectivity index (χ0n) is 24.8. The molecule has 5 rings (SSSR count). The third-order valence-corrected chi connectivity index (χ3v) is 13.5. The monoisotopic (exact) mass is 541 g/mol. The zero-order chi connectivity index (χ0) is 27.8. The van der Waals surface area contributed by atoms with E-state index in [0.29, 0.717) is 0 Å². The largest absolute Gasteiger partial charge is 0.163 e. The lowest BCUT2D eigenvalue weighted by Gasteiger charge is -2.39. The molecule has 1 aliphatic carbocycles. The predicted molar refractivity (Wildman–Crippen MR) is 178 cm³/mol. The normalized spacial score (nSPS) is 13.1. The Morgan fingerprint density at radius 3 is 1.25 bits per heavy atom. The van der Waals surface area contributed by atoms with Crippen LogP contribution < -0.4 is 15.6 Å². The maximum absolute atomic E-state index is 2.57. The van der Waals surface area contributed by atoms with Crippen LogP contribution in [0.4, 0.5) is 0 Å². The molecule has 0 unspecified atom stereocenters. The van der Waals surface area contributed by atoms with E-state index in [0.717, 1.165) is 19.3 Å². The van der Waals surface area contributed by atoms with Gasteiger partial charge in [0.25, 0.3) is 0 Å². The van der Waals surface area contributed by atoms with Gasteiger partial charge in [-0.2, -0.15) is 0 Å². The lowest BCUT2D eigenvalue weighted by atomic mass is 10.1. The van der Waals surface area contributed by atoms with E-state index in [4.69, 9.17) is 0 Å². The number of benzene rings is 4. The molecule has 0 fully saturated rings. The van der Waals surface area contributed by atoms with E-state index in [-0.39, 0.29) is 0 Å². The first-order chi connectivity index (χ1) is 19.7. The Balaban J connectivity index is 1.71. The molecule has 0 heterocycles. The number of rotatable bonds is 13. The van der Waals surface area contributed by atoms with Gasteiger partial charge in [-0.1, -0.05) is 149 Å². The van der Waals surface area contributed by atoms with Crippen molar-refractivity contribution in [3.8, 4) is 0 Å². The molecule has 1 aliphatic rings. The van der Waals surface area contributed by atoms with Crippen molar-refractivity contribution in [1.29, 1.82) is 0 Å². The fraction of sp³-hybridized carbons (Fsp3) is 0.308. The standard InChI is InChI=1S/C39H45Si/c1-4-7-12-31-17-24-35(25-18-31)40(36-26-19-32(20-27-36)13-8-5-2,37-28-21-33(22-29-37)14-9-6-3)39-30-23-34-15-10-11-16-38(34)39/h10-11,15-30H,4-9,12-14H2,1-3H3. The molecular weight excluding hydrogens is 497 g/mol. The molecule has 0 atom stereocenters. The van der Waals surface area contributed by atoms with Crippen LogP contribution in [0.15, 0.2) is 103 Å². The lowest BCUT2D eigenvalue weighted by molar-refractivity contribution is 0.795. The number of fused-ring (bicyclic) bond motifs is 1. The van der Waals surface area contributed by atoms with Crippen molar-refractivity contribution in [3.05, 3.63) is 136 Å². The van der Waals surface area contributed by atoms with Gasteiger partial charge >= 0.3 is 0 Å². The van der Waals surface area contributed by atoms with Crippen molar-refractivity contribution in [3.63, 3.8) is 0 Å². The molecule has 0 amide bonds. The highest BCUT2D eigenvalue weighted by molar-refractivity contribution is 7.16. The van der Waals surface area contributed by atoms with Gasteiger partial charge in [0.05, 0.1) is 0 Å². The van der Waals surface area contributed by atoms with Gasteiger partial charge in [0.15, 0.2) is 8.07 Å². The zero-order valence-corrected chi connectivity index (χ0v) is 25.8. The summed E-state index contributed by atoms with van der Waals surface area (Å²) in [7, 11) is -2.57. The first-order valence-corrected chi connectivity index (χ1v) is 17.6. The van der Waals surface area contributed by atoms with Crippen molar-refractivity contribution in [2.24, 2.45) is 0 Å². The van der Waals surface area contributed by atoms with E-state index in [2.05, 4.69) is 130 Å². The summed E-state index contributed by atoms with van der Waals surface area (Å²) in [5.74, 6) is 0. The van der Waals surface area contributed by atoms with Crippen molar-refractivity contribution in [2.75, 3.05) is 0 Å². The van der Waals surface area contributed by atoms with Gasteiger partial charge in [-0.3, -0.25) is 0 Å². The molecule has 0 saturated heterocycles. The number of hydrogen-bond acceptors (Lipinski definition) is 0. The summed E-state index contributed by atoms with van der Waals surface area (Å²) < 4.78 is 0. The Morgan fingerprint density at radius 2 is 0.850 bits per heavy atom. The molecule has 0 bridgehead atoms. The molecule has 1 heteroatoms. The summed E-state index contributed by atoms with van der Waals surface area (Å²) in [5, 5.41) is 4.44. The Kier molecular flexibility index (Phi) is 9.55. The van der Waals surface area contributed by atoms with Crippen LogP contribution in [0.2, 0.25) is 0 Å². The highest BCUT2D eigenvalue weighted by atomic mass is 28.3. The molecule has 205 valence electrons. The Morgan fingerprint density at radius 1 is 0.450 bits per heavy atom. The number of aryl methyl sites for hydroxylation is 3. The summed E-state index contributed by atoms with van der Waals surface area (Å²) in [6, 6.07) is 38.2. The third-order valence-electron chi connectivity index (χ3n) is 8.70. The maximum atomic E-state index is 2.47. The average Bonchev–Trinajstić information content (AvgIpc) is 3.44. The molecule has 0 spiro atoms. The fourth-order valence-corrected chi connectivity index (χ4v) is 11.2. The van der Waals surface area contributed by atoms with E-state index in [1.165, 1.54) is 87.4 Å². The Bertz CT molecular complexity index is 1250. The summed E-state index contributed by atoms with van der Waals surface area (Å²) in [4.78, 5) is 0. The number of allylic oxidation sites excluding steroid dienone is 1. The van der Waals surface area contributed by atoms with Crippen molar-refractivity contribution in [1.82, 2.24) is 0 Å². The van der Waals surface area contributed by atoms with Crippen LogP contribution in [0.3, 0.4) is 0 Å². The van der Waals surface area contributed by atoms with E-state index in [1.54, 1.807) is 0 Å². The van der Waals surface area contributed by atoms with Gasteiger partial charge in [0, 0.05) is 5.54 Å².